The lowest BCUT2D eigenvalue weighted by Gasteiger charge is -2.27. The van der Waals surface area contributed by atoms with Gasteiger partial charge in [0, 0.05) is 30.0 Å². The summed E-state index contributed by atoms with van der Waals surface area (Å²) in [5.41, 5.74) is 13.9. The normalized spacial score (nSPS) is 17.8. The molecule has 0 saturated carbocycles. The predicted molar refractivity (Wildman–Crippen MR) is 103 cm³/mol. The molecule has 130 valence electrons. The summed E-state index contributed by atoms with van der Waals surface area (Å²) in [6.45, 7) is 5.68. The lowest BCUT2D eigenvalue weighted by atomic mass is 9.92. The molecule has 2 rings (SSSR count). The first-order chi connectivity index (χ1) is 11.8. The van der Waals surface area contributed by atoms with Crippen LogP contribution in [0.1, 0.15) is 21.5 Å². The van der Waals surface area contributed by atoms with E-state index >= 15 is 0 Å². The number of benzene rings is 1. The third-order valence-electron chi connectivity index (χ3n) is 3.87. The second-order valence-electron chi connectivity index (χ2n) is 5.47. The molecule has 1 heterocycles. The molecule has 0 aromatic heterocycles. The summed E-state index contributed by atoms with van der Waals surface area (Å²) in [5.74, 6) is -0.367. The van der Waals surface area contributed by atoms with Gasteiger partial charge < -0.3 is 11.5 Å². The second kappa shape index (κ2) is 7.40. The molecule has 4 N–H and O–H groups in total. The van der Waals surface area contributed by atoms with E-state index in [-0.39, 0.29) is 5.91 Å². The highest BCUT2D eigenvalue weighted by Crippen LogP contribution is 2.29. The maximum atomic E-state index is 12.9. The molecular weight excluding hydrogens is 336 g/mol. The van der Waals surface area contributed by atoms with E-state index in [4.69, 9.17) is 11.5 Å². The SMILES string of the molecule is C=C(/N=C1\C(=C/N)C=C(c2cc(C(N)=O)ccc2C)C(=O)N1C)SC. The smallest absolute Gasteiger partial charge is 0.259 e. The lowest BCUT2D eigenvalue weighted by Crippen LogP contribution is -2.38. The van der Waals surface area contributed by atoms with E-state index in [1.807, 2.05) is 13.2 Å². The molecule has 1 aromatic rings. The Morgan fingerprint density at radius 2 is 2.08 bits per heavy atom. The summed E-state index contributed by atoms with van der Waals surface area (Å²) in [5, 5.41) is 0.567. The molecule has 0 atom stereocenters. The largest absolute Gasteiger partial charge is 0.404 e. The molecule has 0 bridgehead atoms. The molecule has 6 nitrogen and oxygen atoms in total. The average molecular weight is 356 g/mol. The van der Waals surface area contributed by atoms with Crippen LogP contribution in [0, 0.1) is 6.92 Å². The molecule has 2 amide bonds. The zero-order valence-electron chi connectivity index (χ0n) is 14.4. The van der Waals surface area contributed by atoms with E-state index in [2.05, 4.69) is 11.6 Å². The number of hydrogen-bond donors (Lipinski definition) is 2. The summed E-state index contributed by atoms with van der Waals surface area (Å²) >= 11 is 1.38. The highest BCUT2D eigenvalue weighted by molar-refractivity contribution is 8.02. The minimum Gasteiger partial charge on any atom is -0.404 e. The van der Waals surface area contributed by atoms with Crippen molar-refractivity contribution in [2.75, 3.05) is 13.3 Å². The van der Waals surface area contributed by atoms with Crippen LogP contribution in [0.4, 0.5) is 0 Å². The van der Waals surface area contributed by atoms with Gasteiger partial charge in [-0.05, 0) is 42.5 Å². The summed E-state index contributed by atoms with van der Waals surface area (Å²) in [7, 11) is 1.62. The Bertz CT molecular complexity index is 853. The first-order valence-corrected chi connectivity index (χ1v) is 8.67. The number of thioether (sulfide) groups is 1. The Kier molecular flexibility index (Phi) is 5.48. The fourth-order valence-electron chi connectivity index (χ4n) is 2.44. The van der Waals surface area contributed by atoms with E-state index < -0.39 is 5.91 Å². The Hall–Kier alpha value is -2.80. The van der Waals surface area contributed by atoms with Crippen LogP contribution in [0.25, 0.3) is 5.57 Å². The zero-order chi connectivity index (χ0) is 18.7. The molecule has 0 saturated heterocycles. The Labute approximate surface area is 151 Å². The Morgan fingerprint density at radius 1 is 1.40 bits per heavy atom. The van der Waals surface area contributed by atoms with Crippen molar-refractivity contribution in [2.45, 2.75) is 6.92 Å². The predicted octanol–water partition coefficient (Wildman–Crippen LogP) is 2.02. The monoisotopic (exact) mass is 356 g/mol. The minimum absolute atomic E-state index is 0.247. The highest BCUT2D eigenvalue weighted by atomic mass is 32.2. The number of amidine groups is 1. The standard InChI is InChI=1S/C18H20N4O2S/c1-10-5-6-12(16(20)23)7-14(10)15-8-13(9-19)17(21-11(2)25-4)22(3)18(15)24/h5-9H,2,19H2,1,3-4H3,(H2,20,23)/b13-9-,21-17+. The third-order valence-corrected chi connectivity index (χ3v) is 4.43. The van der Waals surface area contributed by atoms with Gasteiger partial charge in [0.2, 0.25) is 5.91 Å². The van der Waals surface area contributed by atoms with E-state index in [9.17, 15) is 9.59 Å². The highest BCUT2D eigenvalue weighted by Gasteiger charge is 2.29. The van der Waals surface area contributed by atoms with E-state index in [0.717, 1.165) is 5.56 Å². The van der Waals surface area contributed by atoms with Gasteiger partial charge in [0.15, 0.2) is 0 Å². The van der Waals surface area contributed by atoms with Crippen molar-refractivity contribution >= 4 is 35.0 Å². The van der Waals surface area contributed by atoms with Crippen molar-refractivity contribution < 1.29 is 9.59 Å². The molecule has 1 aliphatic heterocycles. The van der Waals surface area contributed by atoms with E-state index in [1.54, 1.807) is 31.3 Å². The third kappa shape index (κ3) is 3.66. The fourth-order valence-corrected chi connectivity index (χ4v) is 2.61. The number of primary amides is 1. The van der Waals surface area contributed by atoms with E-state index in [1.165, 1.54) is 22.9 Å². The first-order valence-electron chi connectivity index (χ1n) is 7.44. The van der Waals surface area contributed by atoms with Crippen molar-refractivity contribution in [3.8, 4) is 0 Å². The van der Waals surface area contributed by atoms with Gasteiger partial charge in [-0.3, -0.25) is 14.5 Å². The van der Waals surface area contributed by atoms with Crippen LogP contribution in [0.3, 0.4) is 0 Å². The number of aryl methyl sites for hydroxylation is 1. The molecule has 25 heavy (non-hydrogen) atoms. The summed E-state index contributed by atoms with van der Waals surface area (Å²) in [6.07, 6.45) is 4.91. The maximum absolute atomic E-state index is 12.9. The van der Waals surface area contributed by atoms with Crippen molar-refractivity contribution in [1.82, 2.24) is 4.90 Å². The number of nitrogens with zero attached hydrogens (tertiary/aromatic N) is 2. The van der Waals surface area contributed by atoms with Crippen LogP contribution >= 0.6 is 11.8 Å². The first kappa shape index (κ1) is 18.5. The number of carbonyl (C=O) groups is 2. The van der Waals surface area contributed by atoms with Crippen LogP contribution in [-0.4, -0.2) is 35.9 Å². The molecule has 1 aromatic carbocycles. The van der Waals surface area contributed by atoms with Gasteiger partial charge in [0.05, 0.1) is 5.03 Å². The van der Waals surface area contributed by atoms with Crippen LogP contribution < -0.4 is 11.5 Å². The average Bonchev–Trinajstić information content (AvgIpc) is 2.59. The quantitative estimate of drug-likeness (QED) is 0.861. The molecule has 1 aliphatic rings. The van der Waals surface area contributed by atoms with Gasteiger partial charge in [-0.15, -0.1) is 11.8 Å². The van der Waals surface area contributed by atoms with Gasteiger partial charge in [0.25, 0.3) is 5.91 Å². The summed E-state index contributed by atoms with van der Waals surface area (Å²) in [4.78, 5) is 30.1. The number of rotatable bonds is 4. The number of likely N-dealkylation sites (N-methyl/N-ethyl adjacent to an activating group) is 1. The van der Waals surface area contributed by atoms with Gasteiger partial charge in [-0.1, -0.05) is 12.6 Å². The van der Waals surface area contributed by atoms with Gasteiger partial charge in [-0.25, -0.2) is 4.99 Å². The zero-order valence-corrected chi connectivity index (χ0v) is 15.2. The van der Waals surface area contributed by atoms with Crippen molar-refractivity contribution in [3.63, 3.8) is 0 Å². The number of nitrogens with two attached hydrogens (primary N) is 2. The molecule has 0 unspecified atom stereocenters. The van der Waals surface area contributed by atoms with Crippen LogP contribution in [0.15, 0.2) is 52.6 Å². The number of amides is 2. The topological polar surface area (TPSA) is 102 Å². The van der Waals surface area contributed by atoms with Crippen LogP contribution in [0.5, 0.6) is 0 Å². The maximum Gasteiger partial charge on any atom is 0.259 e. The van der Waals surface area contributed by atoms with Crippen molar-refractivity contribution in [1.29, 1.82) is 0 Å². The summed E-state index contributed by atoms with van der Waals surface area (Å²) in [6, 6.07) is 5.01. The van der Waals surface area contributed by atoms with Crippen LogP contribution in [-0.2, 0) is 4.79 Å². The molecule has 0 aliphatic carbocycles. The second-order valence-corrected chi connectivity index (χ2v) is 6.35. The fraction of sp³-hybridized carbons (Fsp3) is 0.167. The molecule has 0 spiro atoms. The number of aliphatic imine (C=N–C) groups is 1. The molecule has 7 heteroatoms. The van der Waals surface area contributed by atoms with Gasteiger partial charge in [-0.2, -0.15) is 0 Å². The van der Waals surface area contributed by atoms with E-state index in [0.29, 0.717) is 33.1 Å². The minimum atomic E-state index is -0.549. The van der Waals surface area contributed by atoms with Crippen molar-refractivity contribution in [3.05, 3.63) is 64.3 Å². The summed E-state index contributed by atoms with van der Waals surface area (Å²) < 4.78 is 0. The van der Waals surface area contributed by atoms with Crippen molar-refractivity contribution in [2.24, 2.45) is 16.5 Å². The Morgan fingerprint density at radius 3 is 2.64 bits per heavy atom. The molecule has 0 radical (unpaired) electrons. The Balaban J connectivity index is 2.63. The van der Waals surface area contributed by atoms with Crippen LogP contribution in [0.2, 0.25) is 0 Å². The molecule has 0 fully saturated rings. The van der Waals surface area contributed by atoms with Gasteiger partial charge >= 0.3 is 0 Å². The molecular formula is C18H20N4O2S. The number of hydrogen-bond acceptors (Lipinski definition) is 5. The van der Waals surface area contributed by atoms with Gasteiger partial charge in [0.1, 0.15) is 5.84 Å². The lowest BCUT2D eigenvalue weighted by molar-refractivity contribution is -0.120. The number of carbonyl (C=O) groups excluding carboxylic acids is 2.